The first kappa shape index (κ1) is 30.1. The second-order valence-electron chi connectivity index (χ2n) is 9.71. The highest BCUT2D eigenvalue weighted by molar-refractivity contribution is 9.10. The summed E-state index contributed by atoms with van der Waals surface area (Å²) in [4.78, 5) is 38.4. The molecule has 0 fully saturated rings. The van der Waals surface area contributed by atoms with E-state index < -0.39 is 0 Å². The van der Waals surface area contributed by atoms with Crippen molar-refractivity contribution in [2.45, 2.75) is 7.43 Å². The van der Waals surface area contributed by atoms with Crippen LogP contribution >= 0.6 is 15.9 Å². The fourth-order valence-corrected chi connectivity index (χ4v) is 5.00. The van der Waals surface area contributed by atoms with Gasteiger partial charge in [-0.3, -0.25) is 19.6 Å². The van der Waals surface area contributed by atoms with E-state index >= 15 is 0 Å². The van der Waals surface area contributed by atoms with Crippen molar-refractivity contribution in [3.05, 3.63) is 147 Å². The van der Waals surface area contributed by atoms with E-state index in [4.69, 9.17) is 4.74 Å². The van der Waals surface area contributed by atoms with Gasteiger partial charge in [0, 0.05) is 16.9 Å². The summed E-state index contributed by atoms with van der Waals surface area (Å²) in [5.74, 6) is 0.835. The lowest BCUT2D eigenvalue weighted by Gasteiger charge is -2.07. The average Bonchev–Trinajstić information content (AvgIpc) is 3.05. The second kappa shape index (κ2) is 13.3. The van der Waals surface area contributed by atoms with Crippen LogP contribution in [0, 0.1) is 0 Å². The number of nitrogens with one attached hydrogen (secondary N) is 2. The molecule has 3 aromatic carbocycles. The number of benzene rings is 3. The van der Waals surface area contributed by atoms with E-state index in [1.54, 1.807) is 43.8 Å². The zero-order chi connectivity index (χ0) is 29.8. The minimum atomic E-state index is -0.125. The van der Waals surface area contributed by atoms with E-state index in [-0.39, 0.29) is 18.5 Å². The average molecular weight is 646 g/mol. The summed E-state index contributed by atoms with van der Waals surface area (Å²) in [6, 6.07) is 34.6. The summed E-state index contributed by atoms with van der Waals surface area (Å²) in [6.07, 6.45) is 3.38. The summed E-state index contributed by atoms with van der Waals surface area (Å²) in [7, 11) is 1.66. The molecular weight excluding hydrogens is 616 g/mol. The standard InChI is InChI=1S/C21H16N2O2.C14H9BrN2O.CH4/c1-25-17-10-8-15(9-11-17)14-4-6-16(7-5-14)19-13-20-18(21(24)23-19)3-2-12-22-20;15-10-5-3-9(4-6-10)12-8-13-11(14(18)17-12)2-1-7-16-13;/h2-13H,1H3,(H,23,24);1-8H,(H,17,18);1H4. The van der Waals surface area contributed by atoms with Gasteiger partial charge in [0.1, 0.15) is 5.75 Å². The minimum Gasteiger partial charge on any atom is -0.497 e. The van der Waals surface area contributed by atoms with Crippen molar-refractivity contribution in [1.29, 1.82) is 0 Å². The number of H-pyrrole nitrogens is 2. The second-order valence-corrected chi connectivity index (χ2v) is 10.6. The van der Waals surface area contributed by atoms with Gasteiger partial charge in [0.15, 0.2) is 0 Å². The Kier molecular flexibility index (Phi) is 9.12. The van der Waals surface area contributed by atoms with Crippen LogP contribution in [-0.2, 0) is 0 Å². The number of fused-ring (bicyclic) bond motifs is 2. The molecular formula is C36H29BrN4O3. The molecule has 4 aromatic heterocycles. The summed E-state index contributed by atoms with van der Waals surface area (Å²) < 4.78 is 6.20. The van der Waals surface area contributed by atoms with Gasteiger partial charge in [-0.25, -0.2) is 0 Å². The number of rotatable bonds is 4. The Bertz CT molecular complexity index is 2160. The van der Waals surface area contributed by atoms with Crippen LogP contribution in [0.2, 0.25) is 0 Å². The third-order valence-corrected chi connectivity index (χ3v) is 7.53. The monoisotopic (exact) mass is 644 g/mol. The third kappa shape index (κ3) is 6.50. The Labute approximate surface area is 262 Å². The molecule has 0 aliphatic heterocycles. The largest absolute Gasteiger partial charge is 0.497 e. The lowest BCUT2D eigenvalue weighted by Crippen LogP contribution is -2.07. The predicted molar refractivity (Wildman–Crippen MR) is 182 cm³/mol. The van der Waals surface area contributed by atoms with Crippen LogP contribution in [0.25, 0.3) is 55.4 Å². The van der Waals surface area contributed by atoms with Gasteiger partial charge in [-0.1, -0.05) is 71.9 Å². The van der Waals surface area contributed by atoms with Crippen LogP contribution in [0.5, 0.6) is 5.75 Å². The number of hydrogen-bond acceptors (Lipinski definition) is 5. The van der Waals surface area contributed by atoms with Crippen molar-refractivity contribution in [2.75, 3.05) is 7.11 Å². The van der Waals surface area contributed by atoms with Crippen molar-refractivity contribution >= 4 is 37.7 Å². The van der Waals surface area contributed by atoms with Crippen LogP contribution in [0.4, 0.5) is 0 Å². The van der Waals surface area contributed by atoms with Crippen LogP contribution in [0.3, 0.4) is 0 Å². The number of ether oxygens (including phenoxy) is 1. The Hall–Kier alpha value is -5.34. The molecule has 218 valence electrons. The molecule has 0 amide bonds. The molecule has 0 aliphatic carbocycles. The maximum atomic E-state index is 12.2. The third-order valence-electron chi connectivity index (χ3n) is 7.00. The van der Waals surface area contributed by atoms with E-state index in [0.29, 0.717) is 21.8 Å². The molecule has 7 aromatic rings. The summed E-state index contributed by atoms with van der Waals surface area (Å²) in [6.45, 7) is 0. The number of methoxy groups -OCH3 is 1. The number of aromatic nitrogens is 4. The van der Waals surface area contributed by atoms with Crippen molar-refractivity contribution in [1.82, 2.24) is 19.9 Å². The van der Waals surface area contributed by atoms with E-state index in [2.05, 4.69) is 35.9 Å². The van der Waals surface area contributed by atoms with Gasteiger partial charge in [0.2, 0.25) is 0 Å². The van der Waals surface area contributed by atoms with Gasteiger partial charge in [-0.2, -0.15) is 0 Å². The quantitative estimate of drug-likeness (QED) is 0.201. The maximum absolute atomic E-state index is 12.2. The highest BCUT2D eigenvalue weighted by Crippen LogP contribution is 2.26. The molecule has 0 unspecified atom stereocenters. The number of pyridine rings is 4. The van der Waals surface area contributed by atoms with Gasteiger partial charge >= 0.3 is 0 Å². The van der Waals surface area contributed by atoms with Crippen molar-refractivity contribution in [2.24, 2.45) is 0 Å². The molecule has 0 bridgehead atoms. The van der Waals surface area contributed by atoms with Crippen LogP contribution in [0.15, 0.2) is 136 Å². The fraction of sp³-hybridized carbons (Fsp3) is 0.0556. The van der Waals surface area contributed by atoms with Gasteiger partial charge in [-0.05, 0) is 82.9 Å². The van der Waals surface area contributed by atoms with Crippen molar-refractivity contribution < 1.29 is 4.74 Å². The highest BCUT2D eigenvalue weighted by atomic mass is 79.9. The van der Waals surface area contributed by atoms with Crippen LogP contribution in [-0.4, -0.2) is 27.0 Å². The van der Waals surface area contributed by atoms with E-state index in [0.717, 1.165) is 43.9 Å². The predicted octanol–water partition coefficient (Wildman–Crippen LogP) is 8.25. The number of hydrogen-bond donors (Lipinski definition) is 2. The molecule has 4 heterocycles. The Morgan fingerprint density at radius 1 is 0.591 bits per heavy atom. The molecule has 0 atom stereocenters. The first-order valence-corrected chi connectivity index (χ1v) is 14.2. The lowest BCUT2D eigenvalue weighted by atomic mass is 10.0. The first-order chi connectivity index (χ1) is 21.0. The van der Waals surface area contributed by atoms with Gasteiger partial charge in [0.05, 0.1) is 40.3 Å². The maximum Gasteiger partial charge on any atom is 0.257 e. The summed E-state index contributed by atoms with van der Waals surface area (Å²) >= 11 is 3.39. The molecule has 0 radical (unpaired) electrons. The van der Waals surface area contributed by atoms with E-state index in [9.17, 15) is 9.59 Å². The SMILES string of the molecule is C.COc1ccc(-c2ccc(-c3cc4ncccc4c(=O)[nH]3)cc2)cc1.O=c1[nH]c(-c2ccc(Br)cc2)cc2ncccc12. The normalized spacial score (nSPS) is 10.5. The molecule has 0 aliphatic rings. The molecule has 0 saturated carbocycles. The van der Waals surface area contributed by atoms with Gasteiger partial charge in [0.25, 0.3) is 11.1 Å². The van der Waals surface area contributed by atoms with Gasteiger partial charge < -0.3 is 14.7 Å². The minimum absolute atomic E-state index is 0. The van der Waals surface area contributed by atoms with Crippen molar-refractivity contribution in [3.8, 4) is 39.4 Å². The topological polar surface area (TPSA) is 101 Å². The van der Waals surface area contributed by atoms with E-state index in [1.807, 2.05) is 84.9 Å². The summed E-state index contributed by atoms with van der Waals surface area (Å²) in [5, 5.41) is 1.21. The molecule has 2 N–H and O–H groups in total. The molecule has 0 saturated heterocycles. The number of aromatic amines is 2. The number of halogens is 1. The molecule has 7 rings (SSSR count). The number of nitrogens with zero attached hydrogens (tertiary/aromatic N) is 2. The molecule has 8 heteroatoms. The van der Waals surface area contributed by atoms with Crippen LogP contribution in [0.1, 0.15) is 7.43 Å². The zero-order valence-corrected chi connectivity index (χ0v) is 24.6. The fourth-order valence-electron chi connectivity index (χ4n) is 4.74. The zero-order valence-electron chi connectivity index (χ0n) is 23.0. The highest BCUT2D eigenvalue weighted by Gasteiger charge is 2.06. The van der Waals surface area contributed by atoms with Crippen LogP contribution < -0.4 is 15.9 Å². The first-order valence-electron chi connectivity index (χ1n) is 13.5. The van der Waals surface area contributed by atoms with Gasteiger partial charge in [-0.15, -0.1) is 0 Å². The Morgan fingerprint density at radius 3 is 1.45 bits per heavy atom. The summed E-state index contributed by atoms with van der Waals surface area (Å²) in [5.41, 5.74) is 6.83. The smallest absolute Gasteiger partial charge is 0.257 e. The lowest BCUT2D eigenvalue weighted by molar-refractivity contribution is 0.415. The van der Waals surface area contributed by atoms with E-state index in [1.165, 1.54) is 0 Å². The Morgan fingerprint density at radius 2 is 1.00 bits per heavy atom. The van der Waals surface area contributed by atoms with Crippen molar-refractivity contribution in [3.63, 3.8) is 0 Å². The molecule has 44 heavy (non-hydrogen) atoms. The Balaban J connectivity index is 0.000000179. The molecule has 7 nitrogen and oxygen atoms in total. The molecule has 0 spiro atoms.